The van der Waals surface area contributed by atoms with Gasteiger partial charge in [-0.2, -0.15) is 0 Å². The van der Waals surface area contributed by atoms with Crippen LogP contribution in [0, 0.1) is 6.92 Å². The Hall–Kier alpha value is -0.770. The zero-order valence-electron chi connectivity index (χ0n) is 10.4. The van der Waals surface area contributed by atoms with E-state index in [9.17, 15) is 5.11 Å². The van der Waals surface area contributed by atoms with E-state index in [0.717, 1.165) is 14.9 Å². The Balaban J connectivity index is 2.28. The highest BCUT2D eigenvalue weighted by Crippen LogP contribution is 2.36. The molecule has 0 heterocycles. The highest BCUT2D eigenvalue weighted by atomic mass is 79.9. The number of hydrogen-bond acceptors (Lipinski definition) is 2. The van der Waals surface area contributed by atoms with Gasteiger partial charge in [0.05, 0.1) is 6.10 Å². The van der Waals surface area contributed by atoms with Gasteiger partial charge in [0, 0.05) is 14.3 Å². The monoisotopic (exact) mass is 322 g/mol. The molecule has 0 aliphatic carbocycles. The van der Waals surface area contributed by atoms with Crippen LogP contribution in [0.2, 0.25) is 0 Å². The SMILES string of the molecule is Cc1ccccc1Sc1ccc(C(C)O)cc1Br. The van der Waals surface area contributed by atoms with Crippen molar-refractivity contribution in [1.29, 1.82) is 0 Å². The van der Waals surface area contributed by atoms with Crippen LogP contribution >= 0.6 is 27.7 Å². The van der Waals surface area contributed by atoms with Crippen molar-refractivity contribution in [3.05, 3.63) is 58.1 Å². The number of benzene rings is 2. The third-order valence-corrected chi connectivity index (χ3v) is 4.92. The van der Waals surface area contributed by atoms with E-state index in [0.29, 0.717) is 0 Å². The molecule has 0 amide bonds. The first-order valence-electron chi connectivity index (χ1n) is 5.79. The first kappa shape index (κ1) is 13.7. The molecule has 0 aromatic heterocycles. The van der Waals surface area contributed by atoms with Crippen LogP contribution in [0.25, 0.3) is 0 Å². The van der Waals surface area contributed by atoms with Crippen molar-refractivity contribution >= 4 is 27.7 Å². The summed E-state index contributed by atoms with van der Waals surface area (Å²) in [6.07, 6.45) is -0.432. The summed E-state index contributed by atoms with van der Waals surface area (Å²) in [5.74, 6) is 0. The summed E-state index contributed by atoms with van der Waals surface area (Å²) in [5.41, 5.74) is 2.20. The van der Waals surface area contributed by atoms with Gasteiger partial charge < -0.3 is 5.11 Å². The maximum atomic E-state index is 9.55. The fourth-order valence-corrected chi connectivity index (χ4v) is 3.19. The molecule has 1 unspecified atom stereocenters. The second-order valence-corrected chi connectivity index (χ2v) is 6.17. The molecule has 0 bridgehead atoms. The maximum Gasteiger partial charge on any atom is 0.0762 e. The average Bonchev–Trinajstić information content (AvgIpc) is 2.34. The second kappa shape index (κ2) is 5.91. The summed E-state index contributed by atoms with van der Waals surface area (Å²) >= 11 is 5.30. The molecule has 2 rings (SSSR count). The minimum atomic E-state index is -0.432. The van der Waals surface area contributed by atoms with Gasteiger partial charge in [-0.05, 0) is 59.1 Å². The van der Waals surface area contributed by atoms with Crippen molar-refractivity contribution in [3.8, 4) is 0 Å². The van der Waals surface area contributed by atoms with E-state index >= 15 is 0 Å². The maximum absolute atomic E-state index is 9.55. The van der Waals surface area contributed by atoms with Crippen LogP contribution in [0.3, 0.4) is 0 Å². The molecule has 2 aromatic carbocycles. The largest absolute Gasteiger partial charge is 0.389 e. The van der Waals surface area contributed by atoms with Crippen molar-refractivity contribution in [3.63, 3.8) is 0 Å². The van der Waals surface area contributed by atoms with E-state index < -0.39 is 6.10 Å². The van der Waals surface area contributed by atoms with E-state index in [4.69, 9.17) is 0 Å². The van der Waals surface area contributed by atoms with Gasteiger partial charge in [-0.3, -0.25) is 0 Å². The Kier molecular flexibility index (Phi) is 4.49. The van der Waals surface area contributed by atoms with Crippen molar-refractivity contribution in [1.82, 2.24) is 0 Å². The molecule has 0 saturated carbocycles. The minimum Gasteiger partial charge on any atom is -0.389 e. The molecular weight excluding hydrogens is 308 g/mol. The molecule has 1 nitrogen and oxygen atoms in total. The van der Waals surface area contributed by atoms with Gasteiger partial charge in [0.2, 0.25) is 0 Å². The summed E-state index contributed by atoms with van der Waals surface area (Å²) in [5, 5.41) is 9.55. The summed E-state index contributed by atoms with van der Waals surface area (Å²) in [4.78, 5) is 2.41. The summed E-state index contributed by atoms with van der Waals surface area (Å²) in [6, 6.07) is 14.3. The number of aliphatic hydroxyl groups is 1. The van der Waals surface area contributed by atoms with E-state index in [1.807, 2.05) is 30.3 Å². The van der Waals surface area contributed by atoms with Gasteiger partial charge in [0.15, 0.2) is 0 Å². The molecule has 2 aromatic rings. The van der Waals surface area contributed by atoms with Crippen LogP contribution in [-0.2, 0) is 0 Å². The van der Waals surface area contributed by atoms with Crippen LogP contribution in [0.15, 0.2) is 56.7 Å². The van der Waals surface area contributed by atoms with Crippen LogP contribution in [0.5, 0.6) is 0 Å². The molecule has 1 N–H and O–H groups in total. The Bertz CT molecular complexity index is 552. The third-order valence-electron chi connectivity index (χ3n) is 2.75. The Morgan fingerprint density at radius 3 is 2.44 bits per heavy atom. The number of hydrogen-bond donors (Lipinski definition) is 1. The molecule has 0 aliphatic heterocycles. The molecule has 3 heteroatoms. The first-order valence-corrected chi connectivity index (χ1v) is 7.40. The lowest BCUT2D eigenvalue weighted by Crippen LogP contribution is -1.91. The standard InChI is InChI=1S/C15H15BrOS/c1-10-5-3-4-6-14(10)18-15-8-7-12(11(2)17)9-13(15)16/h3-9,11,17H,1-2H3. The average molecular weight is 323 g/mol. The molecule has 18 heavy (non-hydrogen) atoms. The topological polar surface area (TPSA) is 20.2 Å². The van der Waals surface area contributed by atoms with Crippen molar-refractivity contribution in [2.45, 2.75) is 29.7 Å². The Morgan fingerprint density at radius 1 is 1.11 bits per heavy atom. The van der Waals surface area contributed by atoms with Crippen molar-refractivity contribution in [2.75, 3.05) is 0 Å². The second-order valence-electron chi connectivity index (χ2n) is 4.23. The molecule has 0 radical (unpaired) electrons. The summed E-state index contributed by atoms with van der Waals surface area (Å²) in [7, 11) is 0. The lowest BCUT2D eigenvalue weighted by atomic mass is 10.1. The number of aliphatic hydroxyl groups excluding tert-OH is 1. The lowest BCUT2D eigenvalue weighted by molar-refractivity contribution is 0.199. The van der Waals surface area contributed by atoms with E-state index in [1.165, 1.54) is 10.5 Å². The highest BCUT2D eigenvalue weighted by Gasteiger charge is 2.07. The van der Waals surface area contributed by atoms with Crippen LogP contribution < -0.4 is 0 Å². The predicted octanol–water partition coefficient (Wildman–Crippen LogP) is 4.96. The zero-order valence-corrected chi connectivity index (χ0v) is 12.8. The van der Waals surface area contributed by atoms with E-state index in [2.05, 4.69) is 35.0 Å². The number of rotatable bonds is 3. The summed E-state index contributed by atoms with van der Waals surface area (Å²) in [6.45, 7) is 3.89. The number of aryl methyl sites for hydroxylation is 1. The molecule has 0 saturated heterocycles. The van der Waals surface area contributed by atoms with Gasteiger partial charge in [-0.25, -0.2) is 0 Å². The molecule has 94 valence electrons. The van der Waals surface area contributed by atoms with Gasteiger partial charge in [0.1, 0.15) is 0 Å². The predicted molar refractivity (Wildman–Crippen MR) is 80.1 cm³/mol. The van der Waals surface area contributed by atoms with Gasteiger partial charge in [-0.15, -0.1) is 0 Å². The normalized spacial score (nSPS) is 12.4. The molecule has 0 fully saturated rings. The van der Waals surface area contributed by atoms with Crippen molar-refractivity contribution in [2.24, 2.45) is 0 Å². The number of halogens is 1. The van der Waals surface area contributed by atoms with E-state index in [-0.39, 0.29) is 0 Å². The molecule has 0 spiro atoms. The van der Waals surface area contributed by atoms with Crippen LogP contribution in [0.1, 0.15) is 24.2 Å². The highest BCUT2D eigenvalue weighted by molar-refractivity contribution is 9.10. The summed E-state index contributed by atoms with van der Waals surface area (Å²) < 4.78 is 1.02. The van der Waals surface area contributed by atoms with Gasteiger partial charge in [0.25, 0.3) is 0 Å². The third kappa shape index (κ3) is 3.16. The molecular formula is C15H15BrOS. The fraction of sp³-hybridized carbons (Fsp3) is 0.200. The van der Waals surface area contributed by atoms with Gasteiger partial charge in [-0.1, -0.05) is 36.0 Å². The minimum absolute atomic E-state index is 0.432. The quantitative estimate of drug-likeness (QED) is 0.861. The fourth-order valence-electron chi connectivity index (χ4n) is 1.65. The lowest BCUT2D eigenvalue weighted by Gasteiger charge is -2.10. The van der Waals surface area contributed by atoms with E-state index in [1.54, 1.807) is 18.7 Å². The molecule has 0 aliphatic rings. The van der Waals surface area contributed by atoms with Crippen LogP contribution in [0.4, 0.5) is 0 Å². The Morgan fingerprint density at radius 2 is 1.83 bits per heavy atom. The Labute approximate surface area is 120 Å². The zero-order chi connectivity index (χ0) is 13.1. The smallest absolute Gasteiger partial charge is 0.0762 e. The van der Waals surface area contributed by atoms with Gasteiger partial charge >= 0.3 is 0 Å². The molecule has 1 atom stereocenters. The van der Waals surface area contributed by atoms with Crippen LogP contribution in [-0.4, -0.2) is 5.11 Å². The first-order chi connectivity index (χ1) is 8.58. The van der Waals surface area contributed by atoms with Crippen molar-refractivity contribution < 1.29 is 5.11 Å².